The SMILES string of the molecule is COc1ccc(-c2ccc3cc(C(C(C)=O)C(C)=O)ccc3c2)cc1C1CC2CC3CCC1C(C3)C2. The predicted octanol–water partition coefficient (Wildman–Crippen LogP) is 7.71. The van der Waals surface area contributed by atoms with Crippen LogP contribution in [-0.4, -0.2) is 18.7 Å². The van der Waals surface area contributed by atoms with Crippen molar-refractivity contribution in [3.05, 3.63) is 65.7 Å². The zero-order chi connectivity index (χ0) is 25.0. The highest BCUT2D eigenvalue weighted by Crippen LogP contribution is 2.58. The van der Waals surface area contributed by atoms with Crippen molar-refractivity contribution in [1.29, 1.82) is 0 Å². The second-order valence-corrected chi connectivity index (χ2v) is 11.7. The summed E-state index contributed by atoms with van der Waals surface area (Å²) in [5, 5.41) is 2.17. The molecule has 0 heterocycles. The quantitative estimate of drug-likeness (QED) is 0.339. The van der Waals surface area contributed by atoms with Crippen molar-refractivity contribution in [2.75, 3.05) is 7.11 Å². The van der Waals surface area contributed by atoms with Crippen LogP contribution in [0.25, 0.3) is 21.9 Å². The summed E-state index contributed by atoms with van der Waals surface area (Å²) in [7, 11) is 1.81. The van der Waals surface area contributed by atoms with Crippen LogP contribution < -0.4 is 4.74 Å². The van der Waals surface area contributed by atoms with E-state index >= 15 is 0 Å². The lowest BCUT2D eigenvalue weighted by Crippen LogP contribution is -2.41. The molecule has 6 rings (SSSR count). The van der Waals surface area contributed by atoms with Crippen LogP contribution >= 0.6 is 0 Å². The fraction of sp³-hybridized carbons (Fsp3) is 0.455. The van der Waals surface area contributed by atoms with E-state index in [-0.39, 0.29) is 11.6 Å². The van der Waals surface area contributed by atoms with Gasteiger partial charge in [0.15, 0.2) is 0 Å². The van der Waals surface area contributed by atoms with E-state index in [4.69, 9.17) is 4.74 Å². The fourth-order valence-electron chi connectivity index (χ4n) is 8.06. The van der Waals surface area contributed by atoms with E-state index in [1.54, 1.807) is 0 Å². The Morgan fingerprint density at radius 3 is 2.25 bits per heavy atom. The minimum atomic E-state index is -0.678. The molecule has 3 aromatic rings. The molecule has 3 fully saturated rings. The number of ether oxygens (including phenoxy) is 1. The summed E-state index contributed by atoms with van der Waals surface area (Å²) in [4.78, 5) is 24.1. The molecule has 186 valence electrons. The molecule has 0 saturated heterocycles. The Morgan fingerprint density at radius 2 is 1.47 bits per heavy atom. The zero-order valence-corrected chi connectivity index (χ0v) is 21.6. The number of benzene rings is 3. The van der Waals surface area contributed by atoms with Gasteiger partial charge in [0, 0.05) is 0 Å². The molecule has 0 spiro atoms. The van der Waals surface area contributed by atoms with Gasteiger partial charge in [-0.3, -0.25) is 9.59 Å². The molecule has 3 saturated carbocycles. The average molecular weight is 481 g/mol. The summed E-state index contributed by atoms with van der Waals surface area (Å²) in [6.07, 6.45) is 8.42. The number of Topliss-reactive ketones (excluding diaryl/α,β-unsaturated/α-hetero) is 2. The second kappa shape index (κ2) is 9.18. The lowest BCUT2D eigenvalue weighted by Gasteiger charge is -2.52. The van der Waals surface area contributed by atoms with Gasteiger partial charge in [-0.15, -0.1) is 0 Å². The molecule has 0 radical (unpaired) electrons. The third kappa shape index (κ3) is 4.07. The third-order valence-corrected chi connectivity index (χ3v) is 9.53. The minimum absolute atomic E-state index is 0.107. The Balaban J connectivity index is 1.36. The number of carbonyl (C=O) groups is 2. The van der Waals surface area contributed by atoms with Crippen molar-refractivity contribution >= 4 is 22.3 Å². The molecule has 5 unspecified atom stereocenters. The van der Waals surface area contributed by atoms with Crippen molar-refractivity contribution in [2.24, 2.45) is 23.7 Å². The number of methoxy groups -OCH3 is 1. The van der Waals surface area contributed by atoms with Crippen molar-refractivity contribution in [3.8, 4) is 16.9 Å². The molecule has 5 atom stereocenters. The lowest BCUT2D eigenvalue weighted by molar-refractivity contribution is -0.126. The molecule has 3 aromatic carbocycles. The number of hydrogen-bond acceptors (Lipinski definition) is 3. The standard InChI is InChI=1S/C33H36O3/c1-19(34)33(20(2)35)27-8-7-23-16-24(5-6-25(23)17-27)26-9-11-32(36-3)31(18-26)30-15-22-12-21-4-10-29(30)28(13-21)14-22/h5-9,11,16-18,21-22,28-30,33H,4,10,12-15H2,1-3H3. The average Bonchev–Trinajstić information content (AvgIpc) is 2.86. The Morgan fingerprint density at radius 1 is 0.778 bits per heavy atom. The first kappa shape index (κ1) is 23.5. The van der Waals surface area contributed by atoms with E-state index in [2.05, 4.69) is 36.4 Å². The topological polar surface area (TPSA) is 43.4 Å². The Bertz CT molecular complexity index is 1320. The highest BCUT2D eigenvalue weighted by atomic mass is 16.5. The normalized spacial score (nSPS) is 26.8. The Labute approximate surface area is 214 Å². The number of fused-ring (bicyclic) bond motifs is 3. The van der Waals surface area contributed by atoms with Crippen LogP contribution in [0.15, 0.2) is 54.6 Å². The number of rotatable bonds is 6. The van der Waals surface area contributed by atoms with E-state index in [0.29, 0.717) is 5.92 Å². The van der Waals surface area contributed by atoms with Crippen LogP contribution in [0.5, 0.6) is 5.75 Å². The molecule has 0 aliphatic heterocycles. The van der Waals surface area contributed by atoms with E-state index in [9.17, 15) is 9.59 Å². The molecular formula is C33H36O3. The van der Waals surface area contributed by atoms with Crippen LogP contribution in [-0.2, 0) is 9.59 Å². The lowest BCUT2D eigenvalue weighted by atomic mass is 9.53. The van der Waals surface area contributed by atoms with Gasteiger partial charge < -0.3 is 4.74 Å². The van der Waals surface area contributed by atoms with Crippen molar-refractivity contribution in [1.82, 2.24) is 0 Å². The summed E-state index contributed by atoms with van der Waals surface area (Å²) in [5.41, 5.74) is 4.59. The van der Waals surface area contributed by atoms with Gasteiger partial charge in [-0.1, -0.05) is 36.8 Å². The Hall–Kier alpha value is -2.94. The van der Waals surface area contributed by atoms with Crippen LogP contribution in [0.2, 0.25) is 0 Å². The first-order chi connectivity index (χ1) is 17.4. The largest absolute Gasteiger partial charge is 0.496 e. The zero-order valence-electron chi connectivity index (χ0n) is 21.6. The molecule has 36 heavy (non-hydrogen) atoms. The molecular weight excluding hydrogens is 444 g/mol. The second-order valence-electron chi connectivity index (χ2n) is 11.7. The molecule has 3 aliphatic carbocycles. The van der Waals surface area contributed by atoms with Crippen molar-refractivity contribution < 1.29 is 14.3 Å². The molecule has 0 aromatic heterocycles. The van der Waals surface area contributed by atoms with Crippen molar-refractivity contribution in [3.63, 3.8) is 0 Å². The van der Waals surface area contributed by atoms with Gasteiger partial charge in [0.05, 0.1) is 7.11 Å². The maximum atomic E-state index is 12.1. The minimum Gasteiger partial charge on any atom is -0.496 e. The molecule has 3 heteroatoms. The van der Waals surface area contributed by atoms with Gasteiger partial charge in [-0.05, 0) is 133 Å². The van der Waals surface area contributed by atoms with Crippen LogP contribution in [0.1, 0.15) is 75.3 Å². The number of hydrogen-bond donors (Lipinski definition) is 0. The van der Waals surface area contributed by atoms with Gasteiger partial charge in [0.25, 0.3) is 0 Å². The van der Waals surface area contributed by atoms with E-state index in [0.717, 1.165) is 45.8 Å². The maximum Gasteiger partial charge on any atom is 0.144 e. The van der Waals surface area contributed by atoms with E-state index in [1.807, 2.05) is 25.3 Å². The first-order valence-corrected chi connectivity index (χ1v) is 13.6. The highest BCUT2D eigenvalue weighted by molar-refractivity contribution is 6.06. The van der Waals surface area contributed by atoms with E-state index < -0.39 is 5.92 Å². The summed E-state index contributed by atoms with van der Waals surface area (Å²) in [6, 6.07) is 19.2. The van der Waals surface area contributed by atoms with Gasteiger partial charge in [0.2, 0.25) is 0 Å². The molecule has 3 aliphatic rings. The highest BCUT2D eigenvalue weighted by Gasteiger charge is 2.46. The smallest absolute Gasteiger partial charge is 0.144 e. The van der Waals surface area contributed by atoms with Gasteiger partial charge in [-0.25, -0.2) is 0 Å². The van der Waals surface area contributed by atoms with E-state index in [1.165, 1.54) is 69.1 Å². The van der Waals surface area contributed by atoms with Crippen LogP contribution in [0.4, 0.5) is 0 Å². The third-order valence-electron chi connectivity index (χ3n) is 9.53. The fourth-order valence-corrected chi connectivity index (χ4v) is 8.06. The summed E-state index contributed by atoms with van der Waals surface area (Å²) in [5.74, 6) is 4.31. The summed E-state index contributed by atoms with van der Waals surface area (Å²) in [6.45, 7) is 2.98. The van der Waals surface area contributed by atoms with Gasteiger partial charge in [0.1, 0.15) is 23.2 Å². The van der Waals surface area contributed by atoms with Gasteiger partial charge in [-0.2, -0.15) is 0 Å². The number of carbonyl (C=O) groups excluding carboxylic acids is 2. The molecule has 3 bridgehead atoms. The molecule has 3 nitrogen and oxygen atoms in total. The summed E-state index contributed by atoms with van der Waals surface area (Å²) >= 11 is 0. The Kier molecular flexibility index (Phi) is 5.98. The van der Waals surface area contributed by atoms with Crippen LogP contribution in [0, 0.1) is 23.7 Å². The summed E-state index contributed by atoms with van der Waals surface area (Å²) < 4.78 is 5.91. The predicted molar refractivity (Wildman–Crippen MR) is 144 cm³/mol. The molecule has 0 N–H and O–H groups in total. The van der Waals surface area contributed by atoms with Crippen LogP contribution in [0.3, 0.4) is 0 Å². The monoisotopic (exact) mass is 480 g/mol. The maximum absolute atomic E-state index is 12.1. The first-order valence-electron chi connectivity index (χ1n) is 13.6. The van der Waals surface area contributed by atoms with Gasteiger partial charge >= 0.3 is 0 Å². The number of ketones is 2. The van der Waals surface area contributed by atoms with Crippen molar-refractivity contribution in [2.45, 2.75) is 64.2 Å². The molecule has 0 amide bonds.